The molecule has 2 atom stereocenters. The second-order valence-corrected chi connectivity index (χ2v) is 5.61. The number of benzene rings is 1. The zero-order valence-corrected chi connectivity index (χ0v) is 10.8. The van der Waals surface area contributed by atoms with Crippen LogP contribution in [-0.2, 0) is 6.54 Å². The molecule has 0 saturated carbocycles. The van der Waals surface area contributed by atoms with Crippen LogP contribution in [0.2, 0.25) is 0 Å². The van der Waals surface area contributed by atoms with Crippen molar-refractivity contribution in [2.24, 2.45) is 0 Å². The standard InChI is InChI=1S/C13H18BrN/c1-2-13-8-12(14)10-15(13)9-11-6-4-3-5-7-11/h3-7,12-13H,2,8-10H2,1H3/t12-,13-/m1/s1. The fourth-order valence-corrected chi connectivity index (χ4v) is 3.16. The largest absolute Gasteiger partial charge is 0.295 e. The molecule has 0 spiro atoms. The molecule has 15 heavy (non-hydrogen) atoms. The number of rotatable bonds is 3. The van der Waals surface area contributed by atoms with E-state index in [0.717, 1.165) is 12.6 Å². The number of likely N-dealkylation sites (tertiary alicyclic amines) is 1. The zero-order chi connectivity index (χ0) is 10.7. The van der Waals surface area contributed by atoms with Crippen LogP contribution in [0.5, 0.6) is 0 Å². The van der Waals surface area contributed by atoms with Crippen LogP contribution in [0.25, 0.3) is 0 Å². The summed E-state index contributed by atoms with van der Waals surface area (Å²) in [6.45, 7) is 4.57. The molecule has 1 aliphatic rings. The summed E-state index contributed by atoms with van der Waals surface area (Å²) < 4.78 is 0. The third-order valence-corrected chi connectivity index (χ3v) is 3.84. The minimum Gasteiger partial charge on any atom is -0.295 e. The zero-order valence-electron chi connectivity index (χ0n) is 9.20. The summed E-state index contributed by atoms with van der Waals surface area (Å²) in [5.74, 6) is 0. The first-order chi connectivity index (χ1) is 7.29. The van der Waals surface area contributed by atoms with E-state index < -0.39 is 0 Å². The van der Waals surface area contributed by atoms with Gasteiger partial charge in [-0.2, -0.15) is 0 Å². The molecule has 2 heteroatoms. The Bertz CT molecular complexity index is 299. The van der Waals surface area contributed by atoms with E-state index >= 15 is 0 Å². The molecule has 1 aromatic carbocycles. The lowest BCUT2D eigenvalue weighted by molar-refractivity contribution is 0.240. The predicted molar refractivity (Wildman–Crippen MR) is 68.3 cm³/mol. The Labute approximate surface area is 101 Å². The van der Waals surface area contributed by atoms with Crippen molar-refractivity contribution >= 4 is 15.9 Å². The van der Waals surface area contributed by atoms with Gasteiger partial charge in [0.1, 0.15) is 0 Å². The van der Waals surface area contributed by atoms with Crippen molar-refractivity contribution in [3.63, 3.8) is 0 Å². The van der Waals surface area contributed by atoms with Gasteiger partial charge in [-0.3, -0.25) is 4.90 Å². The number of nitrogens with zero attached hydrogens (tertiary/aromatic N) is 1. The molecule has 1 saturated heterocycles. The molecular formula is C13H18BrN. The van der Waals surface area contributed by atoms with Gasteiger partial charge in [0.05, 0.1) is 0 Å². The third kappa shape index (κ3) is 2.82. The van der Waals surface area contributed by atoms with Gasteiger partial charge in [0.2, 0.25) is 0 Å². The Morgan fingerprint density at radius 2 is 2.07 bits per heavy atom. The molecule has 0 bridgehead atoms. The average molecular weight is 268 g/mol. The van der Waals surface area contributed by atoms with Crippen molar-refractivity contribution < 1.29 is 0 Å². The molecule has 1 nitrogen and oxygen atoms in total. The van der Waals surface area contributed by atoms with Gasteiger partial charge >= 0.3 is 0 Å². The lowest BCUT2D eigenvalue weighted by Crippen LogP contribution is -2.28. The molecule has 0 aliphatic carbocycles. The van der Waals surface area contributed by atoms with Crippen molar-refractivity contribution in [3.8, 4) is 0 Å². The van der Waals surface area contributed by atoms with Gasteiger partial charge in [-0.25, -0.2) is 0 Å². The first-order valence-corrected chi connectivity index (χ1v) is 6.63. The molecule has 0 aromatic heterocycles. The van der Waals surface area contributed by atoms with Gasteiger partial charge in [0.25, 0.3) is 0 Å². The second kappa shape index (κ2) is 5.13. The summed E-state index contributed by atoms with van der Waals surface area (Å²) in [5.41, 5.74) is 1.43. The maximum atomic E-state index is 3.73. The van der Waals surface area contributed by atoms with Gasteiger partial charge in [0.15, 0.2) is 0 Å². The Kier molecular flexibility index (Phi) is 3.81. The van der Waals surface area contributed by atoms with Crippen molar-refractivity contribution in [1.82, 2.24) is 4.90 Å². The van der Waals surface area contributed by atoms with Gasteiger partial charge in [0, 0.05) is 24.0 Å². The summed E-state index contributed by atoms with van der Waals surface area (Å²) in [4.78, 5) is 3.28. The van der Waals surface area contributed by atoms with Crippen molar-refractivity contribution in [2.45, 2.75) is 37.2 Å². The summed E-state index contributed by atoms with van der Waals surface area (Å²) in [6, 6.07) is 11.5. The average Bonchev–Trinajstić information content (AvgIpc) is 2.60. The topological polar surface area (TPSA) is 3.24 Å². The van der Waals surface area contributed by atoms with Crippen molar-refractivity contribution in [2.75, 3.05) is 6.54 Å². The van der Waals surface area contributed by atoms with Crippen LogP contribution >= 0.6 is 15.9 Å². The van der Waals surface area contributed by atoms with Crippen molar-refractivity contribution in [3.05, 3.63) is 35.9 Å². The number of hydrogen-bond donors (Lipinski definition) is 0. The van der Waals surface area contributed by atoms with Gasteiger partial charge in [-0.1, -0.05) is 53.2 Å². The van der Waals surface area contributed by atoms with E-state index in [4.69, 9.17) is 0 Å². The highest BCUT2D eigenvalue weighted by molar-refractivity contribution is 9.09. The summed E-state index contributed by atoms with van der Waals surface area (Å²) in [7, 11) is 0. The van der Waals surface area contributed by atoms with Gasteiger partial charge in [-0.15, -0.1) is 0 Å². The number of halogens is 1. The van der Waals surface area contributed by atoms with E-state index in [-0.39, 0.29) is 0 Å². The lowest BCUT2D eigenvalue weighted by atomic mass is 10.1. The SMILES string of the molecule is CC[C@@H]1C[C@@H](Br)CN1Cc1ccccc1. The maximum absolute atomic E-state index is 3.73. The first-order valence-electron chi connectivity index (χ1n) is 5.71. The van der Waals surface area contributed by atoms with Crippen LogP contribution < -0.4 is 0 Å². The van der Waals surface area contributed by atoms with Crippen LogP contribution in [-0.4, -0.2) is 22.3 Å². The highest BCUT2D eigenvalue weighted by atomic mass is 79.9. The first kappa shape index (κ1) is 11.2. The molecule has 0 N–H and O–H groups in total. The van der Waals surface area contributed by atoms with Crippen LogP contribution in [0.1, 0.15) is 25.3 Å². The molecule has 1 heterocycles. The quantitative estimate of drug-likeness (QED) is 0.759. The summed E-state index contributed by atoms with van der Waals surface area (Å²) >= 11 is 3.73. The van der Waals surface area contributed by atoms with Gasteiger partial charge in [-0.05, 0) is 18.4 Å². The van der Waals surface area contributed by atoms with E-state index in [9.17, 15) is 0 Å². The predicted octanol–water partition coefficient (Wildman–Crippen LogP) is 3.43. The summed E-state index contributed by atoms with van der Waals surface area (Å²) in [5, 5.41) is 0. The minimum atomic E-state index is 0.686. The third-order valence-electron chi connectivity index (χ3n) is 3.18. The Morgan fingerprint density at radius 1 is 1.33 bits per heavy atom. The number of alkyl halides is 1. The fraction of sp³-hybridized carbons (Fsp3) is 0.538. The Morgan fingerprint density at radius 3 is 2.73 bits per heavy atom. The monoisotopic (exact) mass is 267 g/mol. The van der Waals surface area contributed by atoms with Crippen LogP contribution in [0.4, 0.5) is 0 Å². The molecule has 0 radical (unpaired) electrons. The molecule has 0 amide bonds. The number of hydrogen-bond acceptors (Lipinski definition) is 1. The second-order valence-electron chi connectivity index (χ2n) is 4.31. The van der Waals surface area contributed by atoms with Crippen molar-refractivity contribution in [1.29, 1.82) is 0 Å². The lowest BCUT2D eigenvalue weighted by Gasteiger charge is -2.22. The molecule has 0 unspecified atom stereocenters. The molecule has 1 aliphatic heterocycles. The molecule has 2 rings (SSSR count). The smallest absolute Gasteiger partial charge is 0.0288 e. The molecule has 82 valence electrons. The normalized spacial score (nSPS) is 27.1. The molecular weight excluding hydrogens is 250 g/mol. The minimum absolute atomic E-state index is 0.686. The van der Waals surface area contributed by atoms with Crippen LogP contribution in [0, 0.1) is 0 Å². The highest BCUT2D eigenvalue weighted by Crippen LogP contribution is 2.26. The van der Waals surface area contributed by atoms with E-state index in [0.29, 0.717) is 4.83 Å². The van der Waals surface area contributed by atoms with E-state index in [1.807, 2.05) is 0 Å². The van der Waals surface area contributed by atoms with Crippen LogP contribution in [0.15, 0.2) is 30.3 Å². The van der Waals surface area contributed by atoms with E-state index in [1.54, 1.807) is 0 Å². The van der Waals surface area contributed by atoms with E-state index in [2.05, 4.69) is 58.1 Å². The summed E-state index contributed by atoms with van der Waals surface area (Å²) in [6.07, 6.45) is 2.55. The van der Waals surface area contributed by atoms with E-state index in [1.165, 1.54) is 24.9 Å². The molecule has 1 fully saturated rings. The van der Waals surface area contributed by atoms with Crippen LogP contribution in [0.3, 0.4) is 0 Å². The van der Waals surface area contributed by atoms with Gasteiger partial charge < -0.3 is 0 Å². The maximum Gasteiger partial charge on any atom is 0.0288 e. The molecule has 1 aromatic rings. The highest BCUT2D eigenvalue weighted by Gasteiger charge is 2.28. The fourth-order valence-electron chi connectivity index (χ4n) is 2.36. The Balaban J connectivity index is 2.00. The Hall–Kier alpha value is -0.340.